The zero-order valence-corrected chi connectivity index (χ0v) is 7.97. The van der Waals surface area contributed by atoms with E-state index in [4.69, 9.17) is 5.73 Å². The number of nitrogen functional groups attached to an aromatic ring is 1. The van der Waals surface area contributed by atoms with E-state index in [1.165, 1.54) is 29.8 Å². The van der Waals surface area contributed by atoms with Gasteiger partial charge in [-0.1, -0.05) is 11.3 Å². The average molecular weight is 194 g/mol. The van der Waals surface area contributed by atoms with E-state index in [2.05, 4.69) is 10.2 Å². The molecule has 2 heterocycles. The fourth-order valence-electron chi connectivity index (χ4n) is 1.92. The van der Waals surface area contributed by atoms with Crippen molar-refractivity contribution in [1.29, 1.82) is 0 Å². The van der Waals surface area contributed by atoms with Gasteiger partial charge in [-0.2, -0.15) is 0 Å². The summed E-state index contributed by atoms with van der Waals surface area (Å²) in [5, 5.41) is 7.89. The molecular weight excluding hydrogens is 184 g/mol. The first-order chi connectivity index (χ1) is 6.36. The first kappa shape index (κ1) is 7.32. The van der Waals surface area contributed by atoms with Crippen molar-refractivity contribution in [1.82, 2.24) is 14.6 Å². The van der Waals surface area contributed by atoms with Crippen LogP contribution in [0.2, 0.25) is 0 Å². The van der Waals surface area contributed by atoms with Gasteiger partial charge in [-0.05, 0) is 25.7 Å². The van der Waals surface area contributed by atoms with Gasteiger partial charge in [0, 0.05) is 10.6 Å². The molecule has 1 aliphatic rings. The molecule has 0 aromatic carbocycles. The first-order valence-electron chi connectivity index (χ1n) is 4.47. The Morgan fingerprint density at radius 3 is 3.00 bits per heavy atom. The van der Waals surface area contributed by atoms with Crippen molar-refractivity contribution in [2.45, 2.75) is 25.7 Å². The molecule has 0 saturated heterocycles. The minimum absolute atomic E-state index is 0.536. The third-order valence-electron chi connectivity index (χ3n) is 2.53. The lowest BCUT2D eigenvalue weighted by Crippen LogP contribution is -2.04. The summed E-state index contributed by atoms with van der Waals surface area (Å²) in [6.07, 6.45) is 4.86. The maximum atomic E-state index is 5.74. The van der Waals surface area contributed by atoms with E-state index >= 15 is 0 Å². The smallest absolute Gasteiger partial charge is 0.227 e. The maximum absolute atomic E-state index is 5.74. The molecule has 13 heavy (non-hydrogen) atoms. The number of nitrogens with two attached hydrogens (primary N) is 1. The van der Waals surface area contributed by atoms with Crippen molar-refractivity contribution < 1.29 is 0 Å². The summed E-state index contributed by atoms with van der Waals surface area (Å²) in [7, 11) is 0. The van der Waals surface area contributed by atoms with Crippen molar-refractivity contribution >= 4 is 22.2 Å². The molecule has 3 rings (SSSR count). The Bertz CT molecular complexity index is 456. The summed E-state index contributed by atoms with van der Waals surface area (Å²) in [6.45, 7) is 0. The molecule has 0 radical (unpaired) electrons. The van der Waals surface area contributed by atoms with E-state index in [9.17, 15) is 0 Å². The Labute approximate surface area is 79.4 Å². The van der Waals surface area contributed by atoms with Gasteiger partial charge in [0.15, 0.2) is 0 Å². The molecule has 5 heteroatoms. The van der Waals surface area contributed by atoms with Crippen LogP contribution in [-0.2, 0) is 12.8 Å². The number of rotatable bonds is 0. The molecule has 0 atom stereocenters. The molecule has 2 N–H and O–H groups in total. The molecule has 2 aromatic heterocycles. The topological polar surface area (TPSA) is 56.2 Å². The van der Waals surface area contributed by atoms with Gasteiger partial charge < -0.3 is 5.73 Å². The van der Waals surface area contributed by atoms with Crippen molar-refractivity contribution in [3.63, 3.8) is 0 Å². The van der Waals surface area contributed by atoms with Crippen molar-refractivity contribution in [3.8, 4) is 0 Å². The zero-order chi connectivity index (χ0) is 8.84. The van der Waals surface area contributed by atoms with Crippen LogP contribution in [0.25, 0.3) is 4.96 Å². The summed E-state index contributed by atoms with van der Waals surface area (Å²) in [6, 6.07) is 0. The van der Waals surface area contributed by atoms with Crippen LogP contribution in [0.5, 0.6) is 0 Å². The van der Waals surface area contributed by atoms with Gasteiger partial charge >= 0.3 is 0 Å². The molecular formula is C8H10N4S. The number of nitrogens with zero attached hydrogens (tertiary/aromatic N) is 3. The summed E-state index contributed by atoms with van der Waals surface area (Å²) in [5.74, 6) is 0.536. The summed E-state index contributed by atoms with van der Waals surface area (Å²) < 4.78 is 2.00. The lowest BCUT2D eigenvalue weighted by molar-refractivity contribution is 0.675. The lowest BCUT2D eigenvalue weighted by atomic mass is 10.0. The fraction of sp³-hybridized carbons (Fsp3) is 0.500. The molecule has 0 saturated carbocycles. The Morgan fingerprint density at radius 2 is 2.08 bits per heavy atom. The van der Waals surface area contributed by atoms with Crippen LogP contribution in [0.1, 0.15) is 23.4 Å². The molecule has 0 unspecified atom stereocenters. The molecule has 68 valence electrons. The molecule has 4 nitrogen and oxygen atoms in total. The van der Waals surface area contributed by atoms with Gasteiger partial charge in [-0.15, -0.1) is 10.2 Å². The van der Waals surface area contributed by atoms with Gasteiger partial charge in [0.05, 0.1) is 0 Å². The van der Waals surface area contributed by atoms with Crippen LogP contribution in [0, 0.1) is 0 Å². The van der Waals surface area contributed by atoms with E-state index in [-0.39, 0.29) is 0 Å². The number of anilines is 1. The van der Waals surface area contributed by atoms with Gasteiger partial charge in [0.25, 0.3) is 0 Å². The van der Waals surface area contributed by atoms with Crippen LogP contribution in [0.15, 0.2) is 0 Å². The van der Waals surface area contributed by atoms with Crippen molar-refractivity contribution in [3.05, 3.63) is 10.6 Å². The average Bonchev–Trinajstić information content (AvgIpc) is 2.66. The van der Waals surface area contributed by atoms with Crippen molar-refractivity contribution in [2.24, 2.45) is 0 Å². The van der Waals surface area contributed by atoms with Crippen LogP contribution >= 0.6 is 11.3 Å². The first-order valence-corrected chi connectivity index (χ1v) is 5.29. The van der Waals surface area contributed by atoms with Crippen LogP contribution in [-0.4, -0.2) is 14.6 Å². The van der Waals surface area contributed by atoms with Gasteiger partial charge in [0.1, 0.15) is 0 Å². The zero-order valence-electron chi connectivity index (χ0n) is 7.16. The predicted octanol–water partition coefficient (Wildman–Crippen LogP) is 1.25. The number of hydrogen-bond acceptors (Lipinski definition) is 4. The maximum Gasteiger partial charge on any atom is 0.227 e. The number of aromatic nitrogens is 3. The van der Waals surface area contributed by atoms with E-state index in [1.807, 2.05) is 4.40 Å². The predicted molar refractivity (Wildman–Crippen MR) is 51.9 cm³/mol. The fourth-order valence-corrected chi connectivity index (χ4v) is 3.07. The second-order valence-electron chi connectivity index (χ2n) is 3.36. The third kappa shape index (κ3) is 0.904. The Kier molecular flexibility index (Phi) is 1.38. The second-order valence-corrected chi connectivity index (χ2v) is 4.42. The second kappa shape index (κ2) is 2.45. The standard InChI is InChI=1S/C8H10N4S/c9-7-10-11-8-12(7)5-3-1-2-4-6(5)13-8/h1-4H2,(H2,9,10). The van der Waals surface area contributed by atoms with Crippen LogP contribution < -0.4 is 5.73 Å². The van der Waals surface area contributed by atoms with E-state index in [0.717, 1.165) is 11.4 Å². The summed E-state index contributed by atoms with van der Waals surface area (Å²) >= 11 is 1.73. The summed E-state index contributed by atoms with van der Waals surface area (Å²) in [4.78, 5) is 2.40. The van der Waals surface area contributed by atoms with Gasteiger partial charge in [-0.3, -0.25) is 4.40 Å². The van der Waals surface area contributed by atoms with E-state index < -0.39 is 0 Å². The van der Waals surface area contributed by atoms with Crippen LogP contribution in [0.3, 0.4) is 0 Å². The largest absolute Gasteiger partial charge is 0.368 e. The number of thiazole rings is 1. The summed E-state index contributed by atoms with van der Waals surface area (Å²) in [5.41, 5.74) is 7.08. The quantitative estimate of drug-likeness (QED) is 0.686. The number of aryl methyl sites for hydroxylation is 2. The number of fused-ring (bicyclic) bond motifs is 3. The Balaban J connectivity index is 2.36. The molecule has 0 amide bonds. The third-order valence-corrected chi connectivity index (χ3v) is 3.67. The highest BCUT2D eigenvalue weighted by atomic mass is 32.1. The highest BCUT2D eigenvalue weighted by molar-refractivity contribution is 7.17. The van der Waals surface area contributed by atoms with E-state index in [0.29, 0.717) is 5.95 Å². The molecule has 2 aromatic rings. The highest BCUT2D eigenvalue weighted by Crippen LogP contribution is 2.30. The minimum atomic E-state index is 0.536. The van der Waals surface area contributed by atoms with Gasteiger partial charge in [0.2, 0.25) is 10.9 Å². The molecule has 0 aliphatic heterocycles. The van der Waals surface area contributed by atoms with Crippen molar-refractivity contribution in [2.75, 3.05) is 5.73 Å². The Morgan fingerprint density at radius 1 is 1.23 bits per heavy atom. The lowest BCUT2D eigenvalue weighted by Gasteiger charge is -2.09. The number of hydrogen-bond donors (Lipinski definition) is 1. The monoisotopic (exact) mass is 194 g/mol. The normalized spacial score (nSPS) is 16.3. The highest BCUT2D eigenvalue weighted by Gasteiger charge is 2.18. The molecule has 0 fully saturated rings. The minimum Gasteiger partial charge on any atom is -0.368 e. The molecule has 1 aliphatic carbocycles. The van der Waals surface area contributed by atoms with Gasteiger partial charge in [-0.25, -0.2) is 0 Å². The molecule has 0 bridgehead atoms. The van der Waals surface area contributed by atoms with Crippen LogP contribution in [0.4, 0.5) is 5.95 Å². The molecule has 0 spiro atoms. The Hall–Kier alpha value is -1.10. The SMILES string of the molecule is Nc1nnc2sc3c(n12)CCCC3. The van der Waals surface area contributed by atoms with E-state index in [1.54, 1.807) is 11.3 Å².